The second-order valence-corrected chi connectivity index (χ2v) is 4.97. The molecule has 0 atom stereocenters. The monoisotopic (exact) mass is 294 g/mol. The maximum atomic E-state index is 13.8. The van der Waals surface area contributed by atoms with Gasteiger partial charge in [0.25, 0.3) is 0 Å². The third kappa shape index (κ3) is 3.03. The molecule has 0 fully saturated rings. The zero-order valence-electron chi connectivity index (χ0n) is 10.2. The van der Waals surface area contributed by atoms with Gasteiger partial charge in [-0.05, 0) is 42.8 Å². The van der Waals surface area contributed by atoms with Gasteiger partial charge in [0.15, 0.2) is 5.82 Å². The number of aryl methyl sites for hydroxylation is 1. The van der Waals surface area contributed by atoms with Crippen molar-refractivity contribution in [2.45, 2.75) is 6.92 Å². The number of hydrogen-bond acceptors (Lipinski definition) is 2. The minimum absolute atomic E-state index is 0.0847. The van der Waals surface area contributed by atoms with Crippen molar-refractivity contribution in [3.63, 3.8) is 0 Å². The van der Waals surface area contributed by atoms with Gasteiger partial charge in [0.2, 0.25) is 0 Å². The van der Waals surface area contributed by atoms with Gasteiger partial charge >= 0.3 is 0 Å². The molecule has 2 rings (SSSR count). The Bertz CT molecular complexity index is 643. The fourth-order valence-corrected chi connectivity index (χ4v) is 2.18. The Kier molecular flexibility index (Phi) is 4.02. The number of thiocarbonyl (C=S) groups is 1. The normalized spacial score (nSPS) is 10.3. The Morgan fingerprint density at radius 2 is 2.05 bits per heavy atom. The van der Waals surface area contributed by atoms with Crippen LogP contribution in [0.3, 0.4) is 0 Å². The minimum Gasteiger partial charge on any atom is -0.389 e. The fourth-order valence-electron chi connectivity index (χ4n) is 1.77. The van der Waals surface area contributed by atoms with Crippen molar-refractivity contribution in [1.29, 1.82) is 0 Å². The lowest BCUT2D eigenvalue weighted by Crippen LogP contribution is -2.11. The molecule has 2 aromatic rings. The second kappa shape index (κ2) is 5.55. The summed E-state index contributed by atoms with van der Waals surface area (Å²) < 4.78 is 13.8. The molecule has 0 bridgehead atoms. The van der Waals surface area contributed by atoms with Crippen LogP contribution < -0.4 is 11.1 Å². The molecule has 0 saturated heterocycles. The number of benzene rings is 2. The standard InChI is InChI=1S/C14H12ClFN2S/c1-8-7-9(5-6-10(8)14(17)19)18-12-4-2-3-11(15)13(12)16/h2-7,18H,1H3,(H2,17,19). The van der Waals surface area contributed by atoms with E-state index in [9.17, 15) is 4.39 Å². The predicted molar refractivity (Wildman–Crippen MR) is 81.8 cm³/mol. The fraction of sp³-hybridized carbons (Fsp3) is 0.0714. The zero-order chi connectivity index (χ0) is 14.0. The van der Waals surface area contributed by atoms with Crippen molar-refractivity contribution >= 4 is 40.2 Å². The van der Waals surface area contributed by atoms with Crippen LogP contribution in [-0.4, -0.2) is 4.99 Å². The summed E-state index contributed by atoms with van der Waals surface area (Å²) in [7, 11) is 0. The molecule has 0 radical (unpaired) electrons. The number of anilines is 2. The van der Waals surface area contributed by atoms with Gasteiger partial charge < -0.3 is 11.1 Å². The molecule has 0 aliphatic heterocycles. The summed E-state index contributed by atoms with van der Waals surface area (Å²) in [4.78, 5) is 0.345. The third-order valence-corrected chi connectivity index (χ3v) is 3.23. The van der Waals surface area contributed by atoms with E-state index in [4.69, 9.17) is 29.6 Å². The van der Waals surface area contributed by atoms with E-state index >= 15 is 0 Å². The maximum absolute atomic E-state index is 13.8. The van der Waals surface area contributed by atoms with E-state index in [0.29, 0.717) is 10.7 Å². The SMILES string of the molecule is Cc1cc(Nc2cccc(Cl)c2F)ccc1C(N)=S. The summed E-state index contributed by atoms with van der Waals surface area (Å²) in [6.45, 7) is 1.90. The molecule has 0 aromatic heterocycles. The van der Waals surface area contributed by atoms with Crippen LogP contribution in [0.4, 0.5) is 15.8 Å². The van der Waals surface area contributed by atoms with Crippen LogP contribution in [0.25, 0.3) is 0 Å². The molecule has 0 aliphatic carbocycles. The van der Waals surface area contributed by atoms with Gasteiger partial charge in [-0.1, -0.05) is 29.9 Å². The highest BCUT2D eigenvalue weighted by Crippen LogP contribution is 2.26. The number of halogens is 2. The van der Waals surface area contributed by atoms with Gasteiger partial charge in [0.05, 0.1) is 10.7 Å². The Morgan fingerprint density at radius 1 is 1.32 bits per heavy atom. The van der Waals surface area contributed by atoms with E-state index in [1.54, 1.807) is 18.2 Å². The van der Waals surface area contributed by atoms with E-state index < -0.39 is 5.82 Å². The van der Waals surface area contributed by atoms with Crippen LogP contribution in [0, 0.1) is 12.7 Å². The molecule has 19 heavy (non-hydrogen) atoms. The van der Waals surface area contributed by atoms with E-state index in [1.165, 1.54) is 6.07 Å². The topological polar surface area (TPSA) is 38.0 Å². The summed E-state index contributed by atoms with van der Waals surface area (Å²) in [6.07, 6.45) is 0. The number of nitrogens with one attached hydrogen (secondary N) is 1. The first kappa shape index (κ1) is 13.8. The quantitative estimate of drug-likeness (QED) is 0.835. The number of hydrogen-bond donors (Lipinski definition) is 2. The highest BCUT2D eigenvalue weighted by Gasteiger charge is 2.07. The molecule has 0 saturated carbocycles. The lowest BCUT2D eigenvalue weighted by molar-refractivity contribution is 0.632. The van der Waals surface area contributed by atoms with E-state index in [0.717, 1.165) is 16.8 Å². The smallest absolute Gasteiger partial charge is 0.165 e. The molecular weight excluding hydrogens is 283 g/mol. The molecule has 0 amide bonds. The first-order valence-electron chi connectivity index (χ1n) is 5.60. The van der Waals surface area contributed by atoms with E-state index in [-0.39, 0.29) is 5.02 Å². The summed E-state index contributed by atoms with van der Waals surface area (Å²) in [5, 5.41) is 3.06. The van der Waals surface area contributed by atoms with Gasteiger partial charge in [0.1, 0.15) is 4.99 Å². The van der Waals surface area contributed by atoms with Gasteiger partial charge in [-0.15, -0.1) is 0 Å². The Morgan fingerprint density at radius 3 is 2.68 bits per heavy atom. The summed E-state index contributed by atoms with van der Waals surface area (Å²) >= 11 is 10.7. The van der Waals surface area contributed by atoms with Gasteiger partial charge in [0, 0.05) is 11.3 Å². The van der Waals surface area contributed by atoms with Crippen LogP contribution >= 0.6 is 23.8 Å². The molecule has 0 spiro atoms. The van der Waals surface area contributed by atoms with Gasteiger partial charge in [-0.2, -0.15) is 0 Å². The highest BCUT2D eigenvalue weighted by atomic mass is 35.5. The summed E-state index contributed by atoms with van der Waals surface area (Å²) in [5.41, 5.74) is 8.41. The second-order valence-electron chi connectivity index (χ2n) is 4.12. The molecule has 0 heterocycles. The maximum Gasteiger partial charge on any atom is 0.165 e. The molecule has 98 valence electrons. The van der Waals surface area contributed by atoms with Crippen molar-refractivity contribution < 1.29 is 4.39 Å². The predicted octanol–water partition coefficient (Wildman–Crippen LogP) is 4.17. The number of rotatable bonds is 3. The van der Waals surface area contributed by atoms with Crippen LogP contribution in [-0.2, 0) is 0 Å². The Balaban J connectivity index is 2.32. The van der Waals surface area contributed by atoms with Gasteiger partial charge in [-0.3, -0.25) is 0 Å². The molecule has 0 aliphatic rings. The van der Waals surface area contributed by atoms with Crippen LogP contribution in [0.15, 0.2) is 36.4 Å². The summed E-state index contributed by atoms with van der Waals surface area (Å²) in [6, 6.07) is 10.3. The van der Waals surface area contributed by atoms with Crippen LogP contribution in [0.1, 0.15) is 11.1 Å². The van der Waals surface area contributed by atoms with Crippen molar-refractivity contribution in [3.05, 3.63) is 58.4 Å². The zero-order valence-corrected chi connectivity index (χ0v) is 11.8. The van der Waals surface area contributed by atoms with E-state index in [2.05, 4.69) is 5.32 Å². The van der Waals surface area contributed by atoms with Crippen molar-refractivity contribution in [3.8, 4) is 0 Å². The molecule has 0 unspecified atom stereocenters. The van der Waals surface area contributed by atoms with E-state index in [1.807, 2.05) is 19.1 Å². The summed E-state index contributed by atoms with van der Waals surface area (Å²) in [5.74, 6) is -0.472. The highest BCUT2D eigenvalue weighted by molar-refractivity contribution is 7.80. The number of nitrogens with two attached hydrogens (primary N) is 1. The molecular formula is C14H12ClFN2S. The lowest BCUT2D eigenvalue weighted by Gasteiger charge is -2.11. The average molecular weight is 295 g/mol. The largest absolute Gasteiger partial charge is 0.389 e. The Hall–Kier alpha value is -1.65. The first-order valence-corrected chi connectivity index (χ1v) is 6.39. The molecule has 2 aromatic carbocycles. The molecule has 5 heteroatoms. The van der Waals surface area contributed by atoms with Crippen molar-refractivity contribution in [2.24, 2.45) is 5.73 Å². The minimum atomic E-state index is -0.472. The Labute approximate surface area is 121 Å². The average Bonchev–Trinajstić information content (AvgIpc) is 2.34. The first-order chi connectivity index (χ1) is 8.99. The van der Waals surface area contributed by atoms with Crippen molar-refractivity contribution in [1.82, 2.24) is 0 Å². The molecule has 2 nitrogen and oxygen atoms in total. The lowest BCUT2D eigenvalue weighted by atomic mass is 10.1. The van der Waals surface area contributed by atoms with Gasteiger partial charge in [-0.25, -0.2) is 4.39 Å². The van der Waals surface area contributed by atoms with Crippen LogP contribution in [0.5, 0.6) is 0 Å². The third-order valence-electron chi connectivity index (χ3n) is 2.72. The van der Waals surface area contributed by atoms with Crippen molar-refractivity contribution in [2.75, 3.05) is 5.32 Å². The van der Waals surface area contributed by atoms with Crippen LogP contribution in [0.2, 0.25) is 5.02 Å². The molecule has 3 N–H and O–H groups in total.